The molecule has 6 nitrogen and oxygen atoms in total. The number of carbonyl (C=O) groups excluding carboxylic acids is 1. The van der Waals surface area contributed by atoms with Crippen molar-refractivity contribution >= 4 is 35.8 Å². The molecular weight excluding hydrogens is 450 g/mol. The molecule has 26 heavy (non-hydrogen) atoms. The molecule has 2 rings (SSSR count). The summed E-state index contributed by atoms with van der Waals surface area (Å²) in [5, 5.41) is 6.26. The lowest BCUT2D eigenvalue weighted by Gasteiger charge is -2.18. The van der Waals surface area contributed by atoms with Crippen molar-refractivity contribution in [2.75, 3.05) is 32.7 Å². The number of hydrogen-bond acceptors (Lipinski definition) is 3. The fraction of sp³-hybridized carbons (Fsp3) is 0.556. The number of halogens is 2. The lowest BCUT2D eigenvalue weighted by atomic mass is 10.3. The summed E-state index contributed by atoms with van der Waals surface area (Å²) in [5.74, 6) is 0.789. The van der Waals surface area contributed by atoms with Crippen LogP contribution in [0.3, 0.4) is 0 Å². The molecule has 1 heterocycles. The highest BCUT2D eigenvalue weighted by molar-refractivity contribution is 14.0. The van der Waals surface area contributed by atoms with Gasteiger partial charge in [-0.25, -0.2) is 9.38 Å². The van der Waals surface area contributed by atoms with E-state index in [1.165, 1.54) is 12.1 Å². The van der Waals surface area contributed by atoms with Crippen LogP contribution in [0.4, 0.5) is 4.39 Å². The van der Waals surface area contributed by atoms with E-state index < -0.39 is 0 Å². The van der Waals surface area contributed by atoms with Gasteiger partial charge in [-0.15, -0.1) is 24.0 Å². The summed E-state index contributed by atoms with van der Waals surface area (Å²) in [6, 6.07) is 6.06. The van der Waals surface area contributed by atoms with Gasteiger partial charge in [-0.1, -0.05) is 6.07 Å². The molecule has 0 bridgehead atoms. The Morgan fingerprint density at radius 1 is 1.35 bits per heavy atom. The predicted octanol–water partition coefficient (Wildman–Crippen LogP) is 2.39. The normalized spacial score (nSPS) is 15.2. The summed E-state index contributed by atoms with van der Waals surface area (Å²) >= 11 is 0. The van der Waals surface area contributed by atoms with Crippen LogP contribution in [0.25, 0.3) is 0 Å². The maximum Gasteiger partial charge on any atom is 0.244 e. The molecule has 1 aromatic rings. The molecule has 0 aliphatic carbocycles. The molecule has 1 aromatic carbocycles. The number of likely N-dealkylation sites (tertiary alicyclic amines) is 1. The summed E-state index contributed by atoms with van der Waals surface area (Å²) in [4.78, 5) is 18.3. The fourth-order valence-corrected chi connectivity index (χ4v) is 2.61. The van der Waals surface area contributed by atoms with Crippen molar-refractivity contribution in [3.05, 3.63) is 30.1 Å². The van der Waals surface area contributed by atoms with Crippen molar-refractivity contribution < 1.29 is 13.9 Å². The van der Waals surface area contributed by atoms with E-state index in [1.54, 1.807) is 12.1 Å². The number of nitrogens with zero attached hydrogens (tertiary/aromatic N) is 2. The summed E-state index contributed by atoms with van der Waals surface area (Å²) in [5.41, 5.74) is 0. The second-order valence-corrected chi connectivity index (χ2v) is 6.05. The third kappa shape index (κ3) is 7.76. The van der Waals surface area contributed by atoms with E-state index in [0.29, 0.717) is 24.8 Å². The number of amides is 1. The van der Waals surface area contributed by atoms with Crippen LogP contribution in [0.1, 0.15) is 26.7 Å². The Bertz CT molecular complexity index is 594. The average Bonchev–Trinajstić information content (AvgIpc) is 3.12. The third-order valence-electron chi connectivity index (χ3n) is 3.87. The van der Waals surface area contributed by atoms with E-state index in [9.17, 15) is 9.18 Å². The highest BCUT2D eigenvalue weighted by Crippen LogP contribution is 2.13. The molecule has 1 fully saturated rings. The first-order valence-corrected chi connectivity index (χ1v) is 8.80. The van der Waals surface area contributed by atoms with Gasteiger partial charge in [0.15, 0.2) is 5.96 Å². The van der Waals surface area contributed by atoms with E-state index in [-0.39, 0.29) is 48.3 Å². The summed E-state index contributed by atoms with van der Waals surface area (Å²) in [6.07, 6.45) is 1.96. The standard InChI is InChI=1S/C18H27FN4O2.HI/c1-3-20-18(22-13-17(24)23-9-4-5-10-23)21-12-14(2)25-16-8-6-7-15(19)11-16;/h6-8,11,14H,3-5,9-10,12-13H2,1-2H3,(H2,20,21,22);1H. The molecule has 2 N–H and O–H groups in total. The number of benzene rings is 1. The number of aliphatic imine (C=N–C) groups is 1. The average molecular weight is 478 g/mol. The van der Waals surface area contributed by atoms with Crippen LogP contribution in [-0.4, -0.2) is 55.6 Å². The van der Waals surface area contributed by atoms with Crippen LogP contribution in [0, 0.1) is 5.82 Å². The van der Waals surface area contributed by atoms with Crippen molar-refractivity contribution in [1.29, 1.82) is 0 Å². The van der Waals surface area contributed by atoms with Crippen LogP contribution >= 0.6 is 24.0 Å². The zero-order valence-electron chi connectivity index (χ0n) is 15.3. The number of nitrogens with one attached hydrogen (secondary N) is 2. The van der Waals surface area contributed by atoms with Gasteiger partial charge in [0.1, 0.15) is 24.2 Å². The first-order chi connectivity index (χ1) is 12.1. The molecule has 1 unspecified atom stereocenters. The first-order valence-electron chi connectivity index (χ1n) is 8.80. The molecule has 1 amide bonds. The second-order valence-electron chi connectivity index (χ2n) is 6.05. The zero-order valence-corrected chi connectivity index (χ0v) is 17.7. The van der Waals surface area contributed by atoms with Gasteiger partial charge in [0.2, 0.25) is 5.91 Å². The van der Waals surface area contributed by atoms with Gasteiger partial charge < -0.3 is 20.3 Å². The molecule has 0 saturated carbocycles. The maximum atomic E-state index is 13.2. The topological polar surface area (TPSA) is 66.0 Å². The van der Waals surface area contributed by atoms with Gasteiger partial charge in [-0.05, 0) is 38.8 Å². The van der Waals surface area contributed by atoms with E-state index in [0.717, 1.165) is 25.9 Å². The first kappa shape index (κ1) is 22.5. The van der Waals surface area contributed by atoms with Crippen LogP contribution in [0.15, 0.2) is 29.3 Å². The van der Waals surface area contributed by atoms with Crippen LogP contribution in [0.2, 0.25) is 0 Å². The molecule has 1 atom stereocenters. The SMILES string of the molecule is CCNC(=NCC(=O)N1CCCC1)NCC(C)Oc1cccc(F)c1.I. The van der Waals surface area contributed by atoms with Gasteiger partial charge in [-0.2, -0.15) is 0 Å². The number of rotatable bonds is 7. The van der Waals surface area contributed by atoms with Gasteiger partial charge in [-0.3, -0.25) is 4.79 Å². The van der Waals surface area contributed by atoms with Crippen molar-refractivity contribution in [2.24, 2.45) is 4.99 Å². The third-order valence-corrected chi connectivity index (χ3v) is 3.87. The van der Waals surface area contributed by atoms with Crippen molar-refractivity contribution in [3.8, 4) is 5.75 Å². The predicted molar refractivity (Wildman–Crippen MR) is 112 cm³/mol. The molecule has 0 radical (unpaired) electrons. The Hall–Kier alpha value is -1.58. The molecule has 1 aliphatic heterocycles. The highest BCUT2D eigenvalue weighted by atomic mass is 127. The molecule has 1 aliphatic rings. The minimum Gasteiger partial charge on any atom is -0.489 e. The van der Waals surface area contributed by atoms with Gasteiger partial charge in [0.25, 0.3) is 0 Å². The summed E-state index contributed by atoms with van der Waals surface area (Å²) in [7, 11) is 0. The van der Waals surface area contributed by atoms with E-state index in [1.807, 2.05) is 18.7 Å². The highest BCUT2D eigenvalue weighted by Gasteiger charge is 2.17. The van der Waals surface area contributed by atoms with Crippen molar-refractivity contribution in [2.45, 2.75) is 32.8 Å². The van der Waals surface area contributed by atoms with Crippen LogP contribution in [-0.2, 0) is 4.79 Å². The minimum atomic E-state index is -0.326. The lowest BCUT2D eigenvalue weighted by molar-refractivity contribution is -0.128. The Morgan fingerprint density at radius 2 is 2.08 bits per heavy atom. The molecule has 8 heteroatoms. The maximum absolute atomic E-state index is 13.2. The van der Waals surface area contributed by atoms with Crippen molar-refractivity contribution in [1.82, 2.24) is 15.5 Å². The van der Waals surface area contributed by atoms with Crippen molar-refractivity contribution in [3.63, 3.8) is 0 Å². The zero-order chi connectivity index (χ0) is 18.1. The Labute approximate surface area is 171 Å². The van der Waals surface area contributed by atoms with Gasteiger partial charge in [0.05, 0.1) is 6.54 Å². The largest absolute Gasteiger partial charge is 0.489 e. The Kier molecular flexibility index (Phi) is 10.3. The molecule has 0 spiro atoms. The number of hydrogen-bond donors (Lipinski definition) is 2. The Balaban J connectivity index is 0.00000338. The molecule has 0 aromatic heterocycles. The van der Waals surface area contributed by atoms with Crippen LogP contribution in [0.5, 0.6) is 5.75 Å². The lowest BCUT2D eigenvalue weighted by Crippen LogP contribution is -2.42. The number of guanidine groups is 1. The monoisotopic (exact) mass is 478 g/mol. The number of ether oxygens (including phenoxy) is 1. The second kappa shape index (κ2) is 11.9. The minimum absolute atomic E-state index is 0. The van der Waals surface area contributed by atoms with E-state index in [4.69, 9.17) is 4.74 Å². The molecular formula is C18H28FIN4O2. The fourth-order valence-electron chi connectivity index (χ4n) is 2.61. The summed E-state index contributed by atoms with van der Waals surface area (Å²) < 4.78 is 18.8. The Morgan fingerprint density at radius 3 is 2.73 bits per heavy atom. The van der Waals surface area contributed by atoms with Gasteiger partial charge in [0, 0.05) is 25.7 Å². The quantitative estimate of drug-likeness (QED) is 0.359. The smallest absolute Gasteiger partial charge is 0.244 e. The number of carbonyl (C=O) groups is 1. The molecule has 1 saturated heterocycles. The van der Waals surface area contributed by atoms with E-state index >= 15 is 0 Å². The van der Waals surface area contributed by atoms with Crippen LogP contribution < -0.4 is 15.4 Å². The van der Waals surface area contributed by atoms with E-state index in [2.05, 4.69) is 15.6 Å². The molecule has 146 valence electrons. The van der Waals surface area contributed by atoms with Gasteiger partial charge >= 0.3 is 0 Å². The summed E-state index contributed by atoms with van der Waals surface area (Å²) in [6.45, 7) is 6.83.